The summed E-state index contributed by atoms with van der Waals surface area (Å²) >= 11 is 7.54. The number of anilines is 1. The van der Waals surface area contributed by atoms with Gasteiger partial charge in [0.25, 0.3) is 0 Å². The van der Waals surface area contributed by atoms with Gasteiger partial charge in [0.05, 0.1) is 13.2 Å². The number of methoxy groups -OCH3 is 1. The number of rotatable bonds is 5. The zero-order valence-electron chi connectivity index (χ0n) is 18.5. The number of nitrogens with zero attached hydrogens (tertiary/aromatic N) is 3. The van der Waals surface area contributed by atoms with E-state index in [1.54, 1.807) is 19.2 Å². The Bertz CT molecular complexity index is 1330. The van der Waals surface area contributed by atoms with E-state index in [2.05, 4.69) is 20.9 Å². The number of hydrogen-bond acceptors (Lipinski definition) is 6. The summed E-state index contributed by atoms with van der Waals surface area (Å²) in [4.78, 5) is 13.5. The lowest BCUT2D eigenvalue weighted by Crippen LogP contribution is -2.41. The Kier molecular flexibility index (Phi) is 6.17. The predicted molar refractivity (Wildman–Crippen MR) is 135 cm³/mol. The average Bonchev–Trinajstić information content (AvgIpc) is 3.29. The van der Waals surface area contributed by atoms with Gasteiger partial charge < -0.3 is 15.5 Å². The van der Waals surface area contributed by atoms with E-state index < -0.39 is 5.25 Å². The molecule has 2 atom stereocenters. The average molecular weight is 492 g/mol. The number of halogens is 1. The molecule has 2 heterocycles. The Labute approximate surface area is 206 Å². The highest BCUT2D eigenvalue weighted by Crippen LogP contribution is 2.39. The van der Waals surface area contributed by atoms with Crippen molar-refractivity contribution in [1.29, 1.82) is 0 Å². The summed E-state index contributed by atoms with van der Waals surface area (Å²) in [5.74, 6) is 1.28. The number of carbonyl (C=O) groups excluding carboxylic acids is 1. The Hall–Kier alpha value is -3.49. The topological polar surface area (TPSA) is 81.1 Å². The van der Waals surface area contributed by atoms with E-state index in [-0.39, 0.29) is 11.9 Å². The lowest BCUT2D eigenvalue weighted by molar-refractivity contribution is -0.116. The quantitative estimate of drug-likeness (QED) is 0.393. The van der Waals surface area contributed by atoms with E-state index in [1.165, 1.54) is 11.8 Å². The first-order valence-electron chi connectivity index (χ1n) is 10.7. The van der Waals surface area contributed by atoms with Crippen molar-refractivity contribution in [2.45, 2.75) is 23.4 Å². The fourth-order valence-corrected chi connectivity index (χ4v) is 5.08. The maximum atomic E-state index is 13.5. The number of aryl methyl sites for hydroxylation is 1. The first-order chi connectivity index (χ1) is 16.5. The summed E-state index contributed by atoms with van der Waals surface area (Å²) in [6, 6.07) is 22.6. The second kappa shape index (κ2) is 9.40. The molecule has 0 aliphatic carbocycles. The third-order valence-electron chi connectivity index (χ3n) is 5.66. The van der Waals surface area contributed by atoms with Gasteiger partial charge in [-0.3, -0.25) is 4.79 Å². The molecule has 34 heavy (non-hydrogen) atoms. The van der Waals surface area contributed by atoms with Crippen LogP contribution in [0.3, 0.4) is 0 Å². The summed E-state index contributed by atoms with van der Waals surface area (Å²) in [7, 11) is 1.63. The van der Waals surface area contributed by atoms with E-state index in [4.69, 9.17) is 16.3 Å². The molecule has 0 radical (unpaired) electrons. The Morgan fingerprint density at radius 2 is 1.85 bits per heavy atom. The molecule has 172 valence electrons. The van der Waals surface area contributed by atoms with Crippen molar-refractivity contribution < 1.29 is 9.53 Å². The summed E-state index contributed by atoms with van der Waals surface area (Å²) < 4.78 is 7.16. The molecule has 2 N–H and O–H groups in total. The van der Waals surface area contributed by atoms with Crippen molar-refractivity contribution in [2.75, 3.05) is 17.9 Å². The molecule has 7 nitrogen and oxygen atoms in total. The van der Waals surface area contributed by atoms with Gasteiger partial charge in [-0.05, 0) is 42.3 Å². The van der Waals surface area contributed by atoms with Gasteiger partial charge >= 0.3 is 0 Å². The van der Waals surface area contributed by atoms with Crippen molar-refractivity contribution in [3.05, 3.63) is 88.9 Å². The minimum atomic E-state index is -0.507. The van der Waals surface area contributed by atoms with Crippen LogP contribution in [0.5, 0.6) is 5.75 Å². The predicted octanol–water partition coefficient (Wildman–Crippen LogP) is 5.31. The molecule has 0 bridgehead atoms. The second-order valence-electron chi connectivity index (χ2n) is 7.87. The fourth-order valence-electron chi connectivity index (χ4n) is 3.82. The minimum absolute atomic E-state index is 0.154. The summed E-state index contributed by atoms with van der Waals surface area (Å²) in [6.07, 6.45) is 0. The van der Waals surface area contributed by atoms with Gasteiger partial charge in [0.2, 0.25) is 11.1 Å². The van der Waals surface area contributed by atoms with Crippen LogP contribution in [0.15, 0.2) is 78.0 Å². The SMILES string of the molecule is COc1ccc([C@@H]2Nn3c(nnc3-c3ccccc3)S[C@H]2C(=O)Nc2cc(Cl)ccc2C)cc1. The number of aromatic nitrogens is 3. The fraction of sp³-hybridized carbons (Fsp3) is 0.160. The molecule has 0 fully saturated rings. The van der Waals surface area contributed by atoms with Crippen LogP contribution in [0.1, 0.15) is 17.2 Å². The molecular weight excluding hydrogens is 470 g/mol. The Morgan fingerprint density at radius 1 is 1.09 bits per heavy atom. The Morgan fingerprint density at radius 3 is 2.59 bits per heavy atom. The number of benzene rings is 3. The van der Waals surface area contributed by atoms with Crippen molar-refractivity contribution in [2.24, 2.45) is 0 Å². The van der Waals surface area contributed by atoms with E-state index in [1.807, 2.05) is 72.3 Å². The van der Waals surface area contributed by atoms with Gasteiger partial charge in [0, 0.05) is 16.3 Å². The number of carbonyl (C=O) groups is 1. The normalized spacial score (nSPS) is 16.9. The van der Waals surface area contributed by atoms with Crippen LogP contribution in [0.4, 0.5) is 5.69 Å². The van der Waals surface area contributed by atoms with Gasteiger partial charge in [-0.25, -0.2) is 4.68 Å². The lowest BCUT2D eigenvalue weighted by atomic mass is 10.0. The second-order valence-corrected chi connectivity index (χ2v) is 9.42. The van der Waals surface area contributed by atoms with Gasteiger partial charge in [0.1, 0.15) is 11.0 Å². The van der Waals surface area contributed by atoms with Gasteiger partial charge in [-0.2, -0.15) is 0 Å². The molecule has 0 spiro atoms. The zero-order valence-corrected chi connectivity index (χ0v) is 20.1. The molecule has 5 rings (SSSR count). The number of amides is 1. The maximum absolute atomic E-state index is 13.5. The molecule has 0 saturated heterocycles. The molecular formula is C25H22ClN5O2S. The largest absolute Gasteiger partial charge is 0.497 e. The molecule has 1 amide bonds. The molecule has 3 aromatic carbocycles. The number of fused-ring (bicyclic) bond motifs is 1. The minimum Gasteiger partial charge on any atom is -0.497 e. The summed E-state index contributed by atoms with van der Waals surface area (Å²) in [5.41, 5.74) is 6.97. The highest BCUT2D eigenvalue weighted by Gasteiger charge is 2.38. The van der Waals surface area contributed by atoms with Crippen LogP contribution in [0.2, 0.25) is 5.02 Å². The molecule has 1 aliphatic heterocycles. The molecule has 1 aromatic heterocycles. The number of hydrogen-bond donors (Lipinski definition) is 2. The van der Waals surface area contributed by atoms with Crippen molar-refractivity contribution in [3.8, 4) is 17.1 Å². The standard InChI is InChI=1S/C25H22ClN5O2S/c1-15-8-11-18(26)14-20(15)27-24(32)22-21(16-9-12-19(33-2)13-10-16)30-31-23(28-29-25(31)34-22)17-6-4-3-5-7-17/h3-14,21-22,30H,1-2H3,(H,27,32)/t21-,22+/m0/s1. The van der Waals surface area contributed by atoms with E-state index >= 15 is 0 Å². The highest BCUT2D eigenvalue weighted by atomic mass is 35.5. The number of ether oxygens (including phenoxy) is 1. The maximum Gasteiger partial charge on any atom is 0.240 e. The van der Waals surface area contributed by atoms with Crippen LogP contribution >= 0.6 is 23.4 Å². The summed E-state index contributed by atoms with van der Waals surface area (Å²) in [5, 5.41) is 12.5. The first-order valence-corrected chi connectivity index (χ1v) is 11.9. The van der Waals surface area contributed by atoms with Gasteiger partial charge in [-0.15, -0.1) is 10.2 Å². The number of nitrogens with one attached hydrogen (secondary N) is 2. The smallest absolute Gasteiger partial charge is 0.240 e. The van der Waals surface area contributed by atoms with E-state index in [9.17, 15) is 4.79 Å². The van der Waals surface area contributed by atoms with Crippen LogP contribution < -0.4 is 15.5 Å². The third kappa shape index (κ3) is 4.34. The van der Waals surface area contributed by atoms with Crippen molar-refractivity contribution >= 4 is 35.0 Å². The lowest BCUT2D eigenvalue weighted by Gasteiger charge is -2.33. The molecule has 0 unspecified atom stereocenters. The molecule has 9 heteroatoms. The van der Waals surface area contributed by atoms with Crippen molar-refractivity contribution in [1.82, 2.24) is 14.9 Å². The first kappa shape index (κ1) is 22.3. The van der Waals surface area contributed by atoms with Crippen LogP contribution in [0, 0.1) is 6.92 Å². The van der Waals surface area contributed by atoms with Crippen LogP contribution in [0.25, 0.3) is 11.4 Å². The molecule has 1 aliphatic rings. The summed E-state index contributed by atoms with van der Waals surface area (Å²) in [6.45, 7) is 1.93. The monoisotopic (exact) mass is 491 g/mol. The highest BCUT2D eigenvalue weighted by molar-refractivity contribution is 8.00. The van der Waals surface area contributed by atoms with Gasteiger partial charge in [-0.1, -0.05) is 71.9 Å². The van der Waals surface area contributed by atoms with Crippen molar-refractivity contribution in [3.63, 3.8) is 0 Å². The van der Waals surface area contributed by atoms with Crippen LogP contribution in [-0.4, -0.2) is 33.1 Å². The van der Waals surface area contributed by atoms with E-state index in [0.29, 0.717) is 21.7 Å². The third-order valence-corrected chi connectivity index (χ3v) is 7.11. The molecule has 4 aromatic rings. The zero-order chi connectivity index (χ0) is 23.7. The number of thioether (sulfide) groups is 1. The van der Waals surface area contributed by atoms with Crippen LogP contribution in [-0.2, 0) is 4.79 Å². The molecule has 0 saturated carbocycles. The Balaban J connectivity index is 1.52. The van der Waals surface area contributed by atoms with E-state index in [0.717, 1.165) is 22.4 Å². The van der Waals surface area contributed by atoms with Gasteiger partial charge in [0.15, 0.2) is 5.82 Å².